The number of nitrogens with zero attached hydrogens (tertiary/aromatic N) is 4. The molecule has 6 nitrogen and oxygen atoms in total. The summed E-state index contributed by atoms with van der Waals surface area (Å²) in [5, 5.41) is 11.2. The van der Waals surface area contributed by atoms with E-state index in [1.807, 2.05) is 4.68 Å². The van der Waals surface area contributed by atoms with Gasteiger partial charge in [0.1, 0.15) is 12.2 Å². The molecule has 3 rings (SSSR count). The molecule has 0 amide bonds. The normalized spacial score (nSPS) is 24.1. The van der Waals surface area contributed by atoms with E-state index in [1.165, 1.54) is 25.7 Å². The van der Waals surface area contributed by atoms with Crippen LogP contribution in [0.4, 0.5) is 0 Å². The Kier molecular flexibility index (Phi) is 4.64. The van der Waals surface area contributed by atoms with Crippen LogP contribution in [-0.2, 0) is 13.0 Å². The van der Waals surface area contributed by atoms with Crippen molar-refractivity contribution in [1.29, 1.82) is 0 Å². The average Bonchev–Trinajstić information content (AvgIpc) is 3.14. The van der Waals surface area contributed by atoms with Crippen molar-refractivity contribution in [2.24, 2.45) is 10.4 Å². The summed E-state index contributed by atoms with van der Waals surface area (Å²) in [6.45, 7) is 7.17. The van der Waals surface area contributed by atoms with Crippen molar-refractivity contribution in [3.8, 4) is 0 Å². The number of guanidine groups is 1. The highest BCUT2D eigenvalue weighted by molar-refractivity contribution is 5.80. The summed E-state index contributed by atoms with van der Waals surface area (Å²) in [5.41, 5.74) is 0.397. The molecule has 1 atom stereocenters. The molecule has 22 heavy (non-hydrogen) atoms. The predicted molar refractivity (Wildman–Crippen MR) is 87.8 cm³/mol. The van der Waals surface area contributed by atoms with E-state index in [-0.39, 0.29) is 0 Å². The van der Waals surface area contributed by atoms with Gasteiger partial charge in [-0.25, -0.2) is 9.67 Å². The van der Waals surface area contributed by atoms with Crippen molar-refractivity contribution < 1.29 is 0 Å². The average molecular weight is 304 g/mol. The molecule has 0 bridgehead atoms. The Hall–Kier alpha value is -1.59. The fourth-order valence-electron chi connectivity index (χ4n) is 3.53. The summed E-state index contributed by atoms with van der Waals surface area (Å²) < 4.78 is 2.00. The van der Waals surface area contributed by atoms with E-state index in [0.29, 0.717) is 11.5 Å². The van der Waals surface area contributed by atoms with Crippen LogP contribution >= 0.6 is 0 Å². The van der Waals surface area contributed by atoms with Gasteiger partial charge in [-0.05, 0) is 31.6 Å². The predicted octanol–water partition coefficient (Wildman–Crippen LogP) is 1.73. The maximum atomic E-state index is 4.85. The Morgan fingerprint density at radius 3 is 3.05 bits per heavy atom. The summed E-state index contributed by atoms with van der Waals surface area (Å²) in [4.78, 5) is 9.14. The van der Waals surface area contributed by atoms with Gasteiger partial charge in [-0.3, -0.25) is 4.99 Å². The number of fused-ring (bicyclic) bond motifs is 1. The number of hydrogen-bond donors (Lipinski definition) is 2. The fourth-order valence-corrected chi connectivity index (χ4v) is 3.53. The highest BCUT2D eigenvalue weighted by atomic mass is 15.4. The van der Waals surface area contributed by atoms with Crippen LogP contribution in [0.2, 0.25) is 0 Å². The van der Waals surface area contributed by atoms with Gasteiger partial charge >= 0.3 is 0 Å². The molecule has 1 fully saturated rings. The molecule has 1 aliphatic heterocycles. The first-order chi connectivity index (χ1) is 10.7. The van der Waals surface area contributed by atoms with E-state index in [9.17, 15) is 0 Å². The van der Waals surface area contributed by atoms with Gasteiger partial charge in [0.15, 0.2) is 5.96 Å². The third kappa shape index (κ3) is 3.59. The third-order valence-electron chi connectivity index (χ3n) is 4.92. The molecule has 122 valence electrons. The van der Waals surface area contributed by atoms with Gasteiger partial charge in [0.25, 0.3) is 0 Å². The van der Waals surface area contributed by atoms with Crippen molar-refractivity contribution >= 4 is 5.96 Å². The summed E-state index contributed by atoms with van der Waals surface area (Å²) >= 11 is 0. The second kappa shape index (κ2) is 6.67. The summed E-state index contributed by atoms with van der Waals surface area (Å²) in [6.07, 6.45) is 9.04. The molecule has 0 saturated heterocycles. The lowest BCUT2D eigenvalue weighted by Gasteiger charge is -2.26. The molecular formula is C16H28N6. The van der Waals surface area contributed by atoms with Crippen LogP contribution < -0.4 is 10.6 Å². The third-order valence-corrected chi connectivity index (χ3v) is 4.92. The van der Waals surface area contributed by atoms with E-state index < -0.39 is 0 Å². The van der Waals surface area contributed by atoms with Crippen molar-refractivity contribution in [3.63, 3.8) is 0 Å². The van der Waals surface area contributed by atoms with Gasteiger partial charge in [-0.2, -0.15) is 5.10 Å². The van der Waals surface area contributed by atoms with Crippen LogP contribution in [-0.4, -0.2) is 39.9 Å². The summed E-state index contributed by atoms with van der Waals surface area (Å²) in [6, 6.07) is 0.378. The zero-order valence-corrected chi connectivity index (χ0v) is 13.8. The summed E-state index contributed by atoms with van der Waals surface area (Å²) in [7, 11) is 0. The lowest BCUT2D eigenvalue weighted by molar-refractivity contribution is 0.348. The molecule has 1 unspecified atom stereocenters. The Morgan fingerprint density at radius 2 is 2.27 bits per heavy atom. The number of hydrogen-bond acceptors (Lipinski definition) is 3. The van der Waals surface area contributed by atoms with E-state index in [2.05, 4.69) is 34.6 Å². The van der Waals surface area contributed by atoms with E-state index in [1.54, 1.807) is 6.33 Å². The zero-order valence-electron chi connectivity index (χ0n) is 13.8. The highest BCUT2D eigenvalue weighted by Crippen LogP contribution is 2.37. The van der Waals surface area contributed by atoms with Crippen LogP contribution in [0.25, 0.3) is 0 Å². The number of nitrogens with one attached hydrogen (secondary N) is 2. The number of aliphatic imine (C=N–C) groups is 1. The minimum atomic E-state index is 0.378. The van der Waals surface area contributed by atoms with Crippen LogP contribution in [0.5, 0.6) is 0 Å². The van der Waals surface area contributed by atoms with E-state index in [0.717, 1.165) is 44.3 Å². The Morgan fingerprint density at radius 1 is 1.45 bits per heavy atom. The van der Waals surface area contributed by atoms with Gasteiger partial charge in [-0.1, -0.05) is 19.8 Å². The lowest BCUT2D eigenvalue weighted by atomic mass is 9.89. The van der Waals surface area contributed by atoms with Crippen molar-refractivity contribution in [1.82, 2.24) is 25.4 Å². The largest absolute Gasteiger partial charge is 0.357 e. The van der Waals surface area contributed by atoms with Gasteiger partial charge in [0.2, 0.25) is 0 Å². The van der Waals surface area contributed by atoms with Gasteiger partial charge in [-0.15, -0.1) is 0 Å². The quantitative estimate of drug-likeness (QED) is 0.657. The Bertz CT molecular complexity index is 514. The molecular weight excluding hydrogens is 276 g/mol. The Labute approximate surface area is 132 Å². The van der Waals surface area contributed by atoms with Crippen LogP contribution in [0.15, 0.2) is 11.3 Å². The van der Waals surface area contributed by atoms with Gasteiger partial charge in [0.05, 0.1) is 6.54 Å². The fraction of sp³-hybridized carbons (Fsp3) is 0.812. The van der Waals surface area contributed by atoms with Crippen LogP contribution in [0.1, 0.15) is 51.8 Å². The second-order valence-corrected chi connectivity index (χ2v) is 6.95. The van der Waals surface area contributed by atoms with Crippen molar-refractivity contribution in [3.05, 3.63) is 12.2 Å². The van der Waals surface area contributed by atoms with Crippen molar-refractivity contribution in [2.45, 2.75) is 65.0 Å². The van der Waals surface area contributed by atoms with Gasteiger partial charge in [0, 0.05) is 25.6 Å². The number of aromatic nitrogens is 3. The second-order valence-electron chi connectivity index (χ2n) is 6.95. The monoisotopic (exact) mass is 304 g/mol. The molecule has 2 heterocycles. The lowest BCUT2D eigenvalue weighted by Crippen LogP contribution is -2.47. The minimum Gasteiger partial charge on any atom is -0.357 e. The first-order valence-electron chi connectivity index (χ1n) is 8.60. The SMILES string of the molecule is CCNC(=NCC1(C)CCCC1)NC1CCc2ncnn2C1. The zero-order chi connectivity index (χ0) is 15.4. The molecule has 6 heteroatoms. The molecule has 0 spiro atoms. The minimum absolute atomic E-state index is 0.378. The Balaban J connectivity index is 1.59. The maximum Gasteiger partial charge on any atom is 0.191 e. The molecule has 2 aliphatic rings. The van der Waals surface area contributed by atoms with Crippen LogP contribution in [0, 0.1) is 5.41 Å². The smallest absolute Gasteiger partial charge is 0.191 e. The van der Waals surface area contributed by atoms with Crippen LogP contribution in [0.3, 0.4) is 0 Å². The molecule has 1 aliphatic carbocycles. The maximum absolute atomic E-state index is 4.85. The molecule has 0 radical (unpaired) electrons. The molecule has 1 saturated carbocycles. The highest BCUT2D eigenvalue weighted by Gasteiger charge is 2.28. The first kappa shape index (κ1) is 15.3. The number of rotatable bonds is 4. The van der Waals surface area contributed by atoms with E-state index in [4.69, 9.17) is 4.99 Å². The van der Waals surface area contributed by atoms with Crippen molar-refractivity contribution in [2.75, 3.05) is 13.1 Å². The molecule has 0 aromatic carbocycles. The first-order valence-corrected chi connectivity index (χ1v) is 8.60. The topological polar surface area (TPSA) is 67.1 Å². The molecule has 1 aromatic heterocycles. The van der Waals surface area contributed by atoms with Gasteiger partial charge < -0.3 is 10.6 Å². The molecule has 1 aromatic rings. The standard InChI is InChI=1S/C16H28N6/c1-3-17-15(18-11-16(2)8-4-5-9-16)21-13-6-7-14-19-12-20-22(14)10-13/h12-13H,3-11H2,1-2H3,(H2,17,18,21). The summed E-state index contributed by atoms with van der Waals surface area (Å²) in [5.74, 6) is 2.04. The molecule has 2 N–H and O–H groups in total. The van der Waals surface area contributed by atoms with E-state index >= 15 is 0 Å². The number of aryl methyl sites for hydroxylation is 1.